The highest BCUT2D eigenvalue weighted by Gasteiger charge is 2.04. The number of nitrogens with zero attached hydrogens (tertiary/aromatic N) is 4. The van der Waals surface area contributed by atoms with Crippen LogP contribution in [-0.2, 0) is 0 Å². The Labute approximate surface area is 115 Å². The van der Waals surface area contributed by atoms with E-state index in [9.17, 15) is 0 Å². The summed E-state index contributed by atoms with van der Waals surface area (Å²) in [5, 5.41) is 5.04. The summed E-state index contributed by atoms with van der Waals surface area (Å²) in [4.78, 5) is 8.27. The van der Waals surface area contributed by atoms with Gasteiger partial charge in [-0.1, -0.05) is 23.7 Å². The Balaban J connectivity index is 1.97. The highest BCUT2D eigenvalue weighted by molar-refractivity contribution is 6.30. The molecule has 0 saturated carbocycles. The normalized spacial score (nSPS) is 10.6. The summed E-state index contributed by atoms with van der Waals surface area (Å²) in [6.45, 7) is 1.93. The van der Waals surface area contributed by atoms with Gasteiger partial charge in [0.2, 0.25) is 0 Å². The Bertz CT molecular complexity index is 703. The van der Waals surface area contributed by atoms with Gasteiger partial charge in [-0.15, -0.1) is 0 Å². The molecule has 19 heavy (non-hydrogen) atoms. The van der Waals surface area contributed by atoms with Gasteiger partial charge in [0.25, 0.3) is 0 Å². The van der Waals surface area contributed by atoms with Crippen LogP contribution < -0.4 is 0 Å². The summed E-state index contributed by atoms with van der Waals surface area (Å²) in [5.41, 5.74) is 3.00. The summed E-state index contributed by atoms with van der Waals surface area (Å²) >= 11 is 5.88. The fourth-order valence-corrected chi connectivity index (χ4v) is 1.93. The number of benzene rings is 1. The largest absolute Gasteiger partial charge is 0.242 e. The van der Waals surface area contributed by atoms with Crippen LogP contribution >= 0.6 is 11.6 Å². The van der Waals surface area contributed by atoms with E-state index in [4.69, 9.17) is 11.6 Å². The molecule has 0 unspecified atom stereocenters. The van der Waals surface area contributed by atoms with Gasteiger partial charge in [0.15, 0.2) is 5.82 Å². The maximum absolute atomic E-state index is 5.88. The van der Waals surface area contributed by atoms with E-state index in [1.807, 2.05) is 43.5 Å². The molecule has 4 nitrogen and oxygen atoms in total. The van der Waals surface area contributed by atoms with Crippen LogP contribution in [0.4, 0.5) is 0 Å². The molecular weight excluding hydrogens is 260 g/mol. The maximum atomic E-state index is 5.88. The predicted molar refractivity (Wildman–Crippen MR) is 74.3 cm³/mol. The van der Waals surface area contributed by atoms with Crippen LogP contribution in [-0.4, -0.2) is 19.7 Å². The summed E-state index contributed by atoms with van der Waals surface area (Å²) < 4.78 is 1.73. The van der Waals surface area contributed by atoms with Crippen LogP contribution in [0.2, 0.25) is 5.02 Å². The predicted octanol–water partition coefficient (Wildman–Crippen LogP) is 3.29. The smallest absolute Gasteiger partial charge is 0.156 e. The van der Waals surface area contributed by atoms with Crippen molar-refractivity contribution >= 4 is 11.6 Å². The first-order valence-corrected chi connectivity index (χ1v) is 6.20. The van der Waals surface area contributed by atoms with Crippen molar-refractivity contribution in [3.63, 3.8) is 0 Å². The van der Waals surface area contributed by atoms with Crippen molar-refractivity contribution in [1.82, 2.24) is 19.7 Å². The van der Waals surface area contributed by atoms with Gasteiger partial charge in [0.05, 0.1) is 6.20 Å². The quantitative estimate of drug-likeness (QED) is 0.718. The van der Waals surface area contributed by atoms with Crippen molar-refractivity contribution in [2.24, 2.45) is 0 Å². The molecule has 3 rings (SSSR count). The van der Waals surface area contributed by atoms with E-state index < -0.39 is 0 Å². The molecular formula is C14H11ClN4. The Kier molecular flexibility index (Phi) is 3.01. The topological polar surface area (TPSA) is 43.6 Å². The van der Waals surface area contributed by atoms with E-state index in [2.05, 4.69) is 15.1 Å². The Morgan fingerprint density at radius 1 is 1.05 bits per heavy atom. The van der Waals surface area contributed by atoms with Gasteiger partial charge in [0.1, 0.15) is 6.33 Å². The van der Waals surface area contributed by atoms with Crippen molar-refractivity contribution < 1.29 is 0 Å². The maximum Gasteiger partial charge on any atom is 0.156 e. The first kappa shape index (κ1) is 11.9. The number of aromatic nitrogens is 4. The second kappa shape index (κ2) is 4.82. The van der Waals surface area contributed by atoms with Crippen LogP contribution in [0, 0.1) is 6.92 Å². The minimum Gasteiger partial charge on any atom is -0.242 e. The van der Waals surface area contributed by atoms with Crippen molar-refractivity contribution in [2.75, 3.05) is 0 Å². The van der Waals surface area contributed by atoms with Crippen molar-refractivity contribution in [3.8, 4) is 16.9 Å². The Morgan fingerprint density at radius 2 is 1.84 bits per heavy atom. The number of hydrogen-bond donors (Lipinski definition) is 0. The van der Waals surface area contributed by atoms with Gasteiger partial charge in [-0.05, 0) is 24.6 Å². The standard InChI is InChI=1S/C14H11ClN4/c1-10-6-14(17-9-16-10)19-8-12(7-18-19)11-2-4-13(15)5-3-11/h2-9H,1H3. The molecule has 0 aliphatic carbocycles. The first-order valence-electron chi connectivity index (χ1n) is 5.82. The summed E-state index contributed by atoms with van der Waals surface area (Å²) in [7, 11) is 0. The van der Waals surface area contributed by atoms with Crippen LogP contribution in [0.25, 0.3) is 16.9 Å². The van der Waals surface area contributed by atoms with Crippen molar-refractivity contribution in [2.45, 2.75) is 6.92 Å². The molecule has 0 radical (unpaired) electrons. The molecule has 5 heteroatoms. The van der Waals surface area contributed by atoms with Crippen molar-refractivity contribution in [3.05, 3.63) is 59.8 Å². The fourth-order valence-electron chi connectivity index (χ4n) is 1.81. The van der Waals surface area contributed by atoms with Crippen LogP contribution in [0.3, 0.4) is 0 Å². The molecule has 1 aromatic carbocycles. The zero-order valence-corrected chi connectivity index (χ0v) is 11.0. The lowest BCUT2D eigenvalue weighted by molar-refractivity contribution is 0.835. The Morgan fingerprint density at radius 3 is 2.58 bits per heavy atom. The summed E-state index contributed by atoms with van der Waals surface area (Å²) in [5.74, 6) is 0.757. The molecule has 0 bridgehead atoms. The average Bonchev–Trinajstić information content (AvgIpc) is 2.89. The molecule has 0 spiro atoms. The van der Waals surface area contributed by atoms with Gasteiger partial charge >= 0.3 is 0 Å². The lowest BCUT2D eigenvalue weighted by atomic mass is 10.1. The van der Waals surface area contributed by atoms with Gasteiger partial charge < -0.3 is 0 Å². The molecule has 2 aromatic heterocycles. The van der Waals surface area contributed by atoms with Gasteiger partial charge in [-0.2, -0.15) is 5.10 Å². The highest BCUT2D eigenvalue weighted by atomic mass is 35.5. The lowest BCUT2D eigenvalue weighted by Gasteiger charge is -2.00. The van der Waals surface area contributed by atoms with Crippen molar-refractivity contribution in [1.29, 1.82) is 0 Å². The Hall–Kier alpha value is -2.20. The molecule has 0 amide bonds. The molecule has 2 heterocycles. The third kappa shape index (κ3) is 2.48. The molecule has 0 fully saturated rings. The molecule has 3 aromatic rings. The summed E-state index contributed by atoms with van der Waals surface area (Å²) in [6, 6.07) is 9.55. The zero-order valence-electron chi connectivity index (χ0n) is 10.3. The zero-order chi connectivity index (χ0) is 13.2. The molecule has 0 atom stereocenters. The van der Waals surface area contributed by atoms with E-state index >= 15 is 0 Å². The third-order valence-corrected chi connectivity index (χ3v) is 3.04. The number of hydrogen-bond acceptors (Lipinski definition) is 3. The number of rotatable bonds is 2. The molecule has 0 aliphatic rings. The minimum atomic E-state index is 0.725. The monoisotopic (exact) mass is 270 g/mol. The SMILES string of the molecule is Cc1cc(-n2cc(-c3ccc(Cl)cc3)cn2)ncn1. The lowest BCUT2D eigenvalue weighted by Crippen LogP contribution is -1.98. The van der Waals surface area contributed by atoms with E-state index in [1.165, 1.54) is 6.33 Å². The third-order valence-electron chi connectivity index (χ3n) is 2.78. The van der Waals surface area contributed by atoms with E-state index in [-0.39, 0.29) is 0 Å². The molecule has 0 aliphatic heterocycles. The summed E-state index contributed by atoms with van der Waals surface area (Å²) in [6.07, 6.45) is 5.28. The second-order valence-corrected chi connectivity index (χ2v) is 4.63. The minimum absolute atomic E-state index is 0.725. The fraction of sp³-hybridized carbons (Fsp3) is 0.0714. The van der Waals surface area contributed by atoms with Crippen LogP contribution in [0.15, 0.2) is 49.1 Å². The van der Waals surface area contributed by atoms with Gasteiger partial charge in [-0.3, -0.25) is 0 Å². The molecule has 0 saturated heterocycles. The van der Waals surface area contributed by atoms with E-state index in [0.717, 1.165) is 27.7 Å². The number of halogens is 1. The van der Waals surface area contributed by atoms with E-state index in [1.54, 1.807) is 10.9 Å². The van der Waals surface area contributed by atoms with Gasteiger partial charge in [0, 0.05) is 28.5 Å². The average molecular weight is 271 g/mol. The second-order valence-electron chi connectivity index (χ2n) is 4.20. The van der Waals surface area contributed by atoms with E-state index in [0.29, 0.717) is 0 Å². The molecule has 0 N–H and O–H groups in total. The first-order chi connectivity index (χ1) is 9.22. The van der Waals surface area contributed by atoms with Gasteiger partial charge in [-0.25, -0.2) is 14.6 Å². The van der Waals surface area contributed by atoms with Crippen LogP contribution in [0.1, 0.15) is 5.69 Å². The highest BCUT2D eigenvalue weighted by Crippen LogP contribution is 2.21. The number of aryl methyl sites for hydroxylation is 1. The molecule has 94 valence electrons. The van der Waals surface area contributed by atoms with Crippen LogP contribution in [0.5, 0.6) is 0 Å².